The Morgan fingerprint density at radius 2 is 1.69 bits per heavy atom. The van der Waals surface area contributed by atoms with Crippen LogP contribution in [0.2, 0.25) is 5.02 Å². The van der Waals surface area contributed by atoms with Crippen molar-refractivity contribution in [3.05, 3.63) is 39.9 Å². The molecule has 1 aromatic carbocycles. The van der Waals surface area contributed by atoms with Gasteiger partial charge in [-0.2, -0.15) is 0 Å². The van der Waals surface area contributed by atoms with Crippen molar-refractivity contribution in [1.29, 1.82) is 0 Å². The van der Waals surface area contributed by atoms with Gasteiger partial charge in [-0.1, -0.05) is 35.3 Å². The lowest BCUT2D eigenvalue weighted by molar-refractivity contribution is -0.115. The summed E-state index contributed by atoms with van der Waals surface area (Å²) >= 11 is 11.5. The van der Waals surface area contributed by atoms with Crippen LogP contribution in [0.25, 0.3) is 5.57 Å². The number of hydrogen-bond acceptors (Lipinski definition) is 1. The predicted octanol–water partition coefficient (Wildman–Crippen LogP) is 3.26. The van der Waals surface area contributed by atoms with E-state index < -0.39 is 0 Å². The van der Waals surface area contributed by atoms with E-state index in [2.05, 4.69) is 0 Å². The first-order valence-corrected chi connectivity index (χ1v) is 4.62. The lowest BCUT2D eigenvalue weighted by Crippen LogP contribution is -2.12. The summed E-state index contributed by atoms with van der Waals surface area (Å²) in [5.41, 5.74) is 1.90. The van der Waals surface area contributed by atoms with Gasteiger partial charge in [0.05, 0.1) is 5.03 Å². The van der Waals surface area contributed by atoms with Gasteiger partial charge in [0, 0.05) is 11.4 Å². The standard InChI is InChI=1S/C10H6Cl2O/c11-7-3-1-6(2-4-7)8-5-9(13)10(8)12/h1-4H,5H2. The second-order valence-corrected chi connectivity index (χ2v) is 3.71. The summed E-state index contributed by atoms with van der Waals surface area (Å²) in [5.74, 6) is 0.0200. The van der Waals surface area contributed by atoms with E-state index in [9.17, 15) is 4.79 Å². The maximum Gasteiger partial charge on any atom is 0.178 e. The number of hydrogen-bond donors (Lipinski definition) is 0. The third kappa shape index (κ3) is 1.50. The zero-order valence-corrected chi connectivity index (χ0v) is 8.19. The fraction of sp³-hybridized carbons (Fsp3) is 0.100. The van der Waals surface area contributed by atoms with E-state index in [1.165, 1.54) is 0 Å². The molecule has 3 heteroatoms. The number of rotatable bonds is 1. The quantitative estimate of drug-likeness (QED) is 0.699. The van der Waals surface area contributed by atoms with E-state index in [1.54, 1.807) is 12.1 Å². The topological polar surface area (TPSA) is 17.1 Å². The van der Waals surface area contributed by atoms with Gasteiger partial charge in [-0.05, 0) is 23.3 Å². The van der Waals surface area contributed by atoms with Crippen LogP contribution in [-0.2, 0) is 4.79 Å². The molecule has 0 spiro atoms. The van der Waals surface area contributed by atoms with E-state index in [1.807, 2.05) is 12.1 Å². The largest absolute Gasteiger partial charge is 0.293 e. The zero-order chi connectivity index (χ0) is 9.42. The Balaban J connectivity index is 2.39. The minimum absolute atomic E-state index is 0.0200. The van der Waals surface area contributed by atoms with Crippen molar-refractivity contribution in [3.63, 3.8) is 0 Å². The second-order valence-electron chi connectivity index (χ2n) is 2.90. The fourth-order valence-electron chi connectivity index (χ4n) is 1.26. The predicted molar refractivity (Wildman–Crippen MR) is 53.8 cm³/mol. The molecule has 1 aliphatic rings. The smallest absolute Gasteiger partial charge is 0.178 e. The highest BCUT2D eigenvalue weighted by Gasteiger charge is 2.25. The van der Waals surface area contributed by atoms with Crippen LogP contribution in [-0.4, -0.2) is 5.78 Å². The molecule has 0 unspecified atom stereocenters. The molecule has 0 atom stereocenters. The monoisotopic (exact) mass is 212 g/mol. The fourth-order valence-corrected chi connectivity index (χ4v) is 1.63. The molecule has 13 heavy (non-hydrogen) atoms. The summed E-state index contributed by atoms with van der Waals surface area (Å²) in [6.07, 6.45) is 0.445. The van der Waals surface area contributed by atoms with Crippen molar-refractivity contribution in [2.45, 2.75) is 6.42 Å². The van der Waals surface area contributed by atoms with Gasteiger partial charge in [0.15, 0.2) is 5.78 Å². The molecule has 0 saturated heterocycles. The first-order valence-electron chi connectivity index (χ1n) is 3.86. The molecule has 0 amide bonds. The second kappa shape index (κ2) is 3.17. The van der Waals surface area contributed by atoms with E-state index in [0.717, 1.165) is 11.1 Å². The first-order chi connectivity index (χ1) is 6.18. The first kappa shape index (κ1) is 8.79. The molecule has 0 fully saturated rings. The SMILES string of the molecule is O=C1CC(c2ccc(Cl)cc2)=C1Cl. The molecule has 1 aromatic rings. The number of allylic oxidation sites excluding steroid dienone is 2. The summed E-state index contributed by atoms with van der Waals surface area (Å²) in [4.78, 5) is 10.9. The number of carbonyl (C=O) groups is 1. The highest BCUT2D eigenvalue weighted by molar-refractivity contribution is 6.50. The van der Waals surface area contributed by atoms with Crippen molar-refractivity contribution in [2.75, 3.05) is 0 Å². The Morgan fingerprint density at radius 1 is 1.08 bits per heavy atom. The van der Waals surface area contributed by atoms with E-state index in [0.29, 0.717) is 16.5 Å². The maximum absolute atomic E-state index is 10.9. The van der Waals surface area contributed by atoms with Gasteiger partial charge < -0.3 is 0 Å². The zero-order valence-electron chi connectivity index (χ0n) is 6.68. The van der Waals surface area contributed by atoms with E-state index in [4.69, 9.17) is 23.2 Å². The highest BCUT2D eigenvalue weighted by atomic mass is 35.5. The third-order valence-corrected chi connectivity index (χ3v) is 2.73. The highest BCUT2D eigenvalue weighted by Crippen LogP contribution is 2.35. The Hall–Kier alpha value is -0.790. The molecule has 66 valence electrons. The lowest BCUT2D eigenvalue weighted by atomic mass is 9.90. The Bertz CT molecular complexity index is 390. The van der Waals surface area contributed by atoms with Gasteiger partial charge in [0.2, 0.25) is 0 Å². The molecular weight excluding hydrogens is 207 g/mol. The molecule has 0 aromatic heterocycles. The normalized spacial score (nSPS) is 16.0. The van der Waals surface area contributed by atoms with Crippen LogP contribution < -0.4 is 0 Å². The number of carbonyl (C=O) groups excluding carboxylic acids is 1. The molecule has 1 nitrogen and oxygen atoms in total. The Labute approximate surface area is 86.0 Å². The third-order valence-electron chi connectivity index (χ3n) is 2.04. The molecular formula is C10H6Cl2O. The Kier molecular flexibility index (Phi) is 2.14. The molecule has 0 aliphatic heterocycles. The van der Waals surface area contributed by atoms with Crippen LogP contribution in [0.1, 0.15) is 12.0 Å². The molecule has 0 saturated carbocycles. The van der Waals surface area contributed by atoms with Gasteiger partial charge in [0.25, 0.3) is 0 Å². The van der Waals surface area contributed by atoms with Crippen LogP contribution in [0.3, 0.4) is 0 Å². The van der Waals surface area contributed by atoms with Gasteiger partial charge >= 0.3 is 0 Å². The van der Waals surface area contributed by atoms with Crippen LogP contribution in [0.5, 0.6) is 0 Å². The number of ketones is 1. The van der Waals surface area contributed by atoms with Crippen molar-refractivity contribution < 1.29 is 4.79 Å². The molecule has 0 heterocycles. The van der Waals surface area contributed by atoms with Crippen LogP contribution >= 0.6 is 23.2 Å². The minimum Gasteiger partial charge on any atom is -0.293 e. The van der Waals surface area contributed by atoms with Gasteiger partial charge in [-0.15, -0.1) is 0 Å². The molecule has 0 N–H and O–H groups in total. The van der Waals surface area contributed by atoms with Gasteiger partial charge in [0.1, 0.15) is 0 Å². The summed E-state index contributed by atoms with van der Waals surface area (Å²) in [6, 6.07) is 7.31. The van der Waals surface area contributed by atoms with Crippen LogP contribution in [0.4, 0.5) is 0 Å². The molecule has 0 bridgehead atoms. The van der Waals surface area contributed by atoms with Crippen molar-refractivity contribution in [2.24, 2.45) is 0 Å². The minimum atomic E-state index is 0.0200. The summed E-state index contributed by atoms with van der Waals surface area (Å²) in [7, 11) is 0. The molecule has 0 radical (unpaired) electrons. The lowest BCUT2D eigenvalue weighted by Gasteiger charge is -2.17. The van der Waals surface area contributed by atoms with Crippen molar-refractivity contribution >= 4 is 34.6 Å². The van der Waals surface area contributed by atoms with Crippen LogP contribution in [0, 0.1) is 0 Å². The van der Waals surface area contributed by atoms with Crippen molar-refractivity contribution in [1.82, 2.24) is 0 Å². The molecule has 1 aliphatic carbocycles. The van der Waals surface area contributed by atoms with Crippen LogP contribution in [0.15, 0.2) is 29.3 Å². The van der Waals surface area contributed by atoms with Gasteiger partial charge in [-0.3, -0.25) is 4.79 Å². The Morgan fingerprint density at radius 3 is 2.15 bits per heavy atom. The van der Waals surface area contributed by atoms with Gasteiger partial charge in [-0.25, -0.2) is 0 Å². The molecule has 2 rings (SSSR count). The van der Waals surface area contributed by atoms with Crippen molar-refractivity contribution in [3.8, 4) is 0 Å². The average Bonchev–Trinajstić information content (AvgIpc) is 2.15. The number of halogens is 2. The number of benzene rings is 1. The van der Waals surface area contributed by atoms with E-state index in [-0.39, 0.29) is 5.78 Å². The number of Topliss-reactive ketones (excluding diaryl/α,β-unsaturated/α-hetero) is 1. The maximum atomic E-state index is 10.9. The summed E-state index contributed by atoms with van der Waals surface area (Å²) < 4.78 is 0. The average molecular weight is 213 g/mol. The summed E-state index contributed by atoms with van der Waals surface area (Å²) in [6.45, 7) is 0. The summed E-state index contributed by atoms with van der Waals surface area (Å²) in [5, 5.41) is 1.05. The van der Waals surface area contributed by atoms with E-state index >= 15 is 0 Å².